The average Bonchev–Trinajstić information content (AvgIpc) is 2.95. The number of carbonyl (C=O) groups excluding carboxylic acids is 1. The Kier molecular flexibility index (Phi) is 5.68. The average molecular weight is 304 g/mol. The lowest BCUT2D eigenvalue weighted by molar-refractivity contribution is 0.239. The van der Waals surface area contributed by atoms with Crippen LogP contribution < -0.4 is 10.6 Å². The van der Waals surface area contributed by atoms with E-state index in [9.17, 15) is 4.79 Å². The maximum Gasteiger partial charge on any atom is 0.314 e. The number of nitrogens with zero attached hydrogens (tertiary/aromatic N) is 2. The van der Waals surface area contributed by atoms with Crippen LogP contribution in [0.2, 0.25) is 0 Å². The molecule has 0 fully saturated rings. The number of hydrogen-bond acceptors (Lipinski definition) is 4. The molecule has 112 valence electrons. The molecule has 0 saturated heterocycles. The van der Waals surface area contributed by atoms with Crippen LogP contribution in [0.25, 0.3) is 10.6 Å². The minimum Gasteiger partial charge on any atom is -0.338 e. The molecule has 2 N–H and O–H groups in total. The highest BCUT2D eigenvalue weighted by Gasteiger charge is 2.05. The topological polar surface area (TPSA) is 66.9 Å². The lowest BCUT2D eigenvalue weighted by Gasteiger charge is -2.08. The SMILES string of the molecule is CC(C)CNC(=O)NCCc1csc(-c2ccncc2)n1. The molecule has 0 atom stereocenters. The molecule has 21 heavy (non-hydrogen) atoms. The highest BCUT2D eigenvalue weighted by atomic mass is 32.1. The number of aromatic nitrogens is 2. The van der Waals surface area contributed by atoms with E-state index in [-0.39, 0.29) is 6.03 Å². The predicted octanol–water partition coefficient (Wildman–Crippen LogP) is 2.70. The minimum absolute atomic E-state index is 0.117. The van der Waals surface area contributed by atoms with Gasteiger partial charge in [0.25, 0.3) is 0 Å². The van der Waals surface area contributed by atoms with Gasteiger partial charge in [-0.05, 0) is 18.1 Å². The van der Waals surface area contributed by atoms with Crippen molar-refractivity contribution in [1.82, 2.24) is 20.6 Å². The zero-order chi connectivity index (χ0) is 15.1. The standard InChI is InChI=1S/C15H20N4OS/c1-11(2)9-18-15(20)17-8-5-13-10-21-14(19-13)12-3-6-16-7-4-12/h3-4,6-7,10-11H,5,8-9H2,1-2H3,(H2,17,18,20). The number of rotatable bonds is 6. The van der Waals surface area contributed by atoms with Crippen LogP contribution in [0.5, 0.6) is 0 Å². The van der Waals surface area contributed by atoms with E-state index >= 15 is 0 Å². The summed E-state index contributed by atoms with van der Waals surface area (Å²) < 4.78 is 0. The fourth-order valence-electron chi connectivity index (χ4n) is 1.71. The summed E-state index contributed by atoms with van der Waals surface area (Å²) in [5, 5.41) is 8.68. The predicted molar refractivity (Wildman–Crippen MR) is 85.3 cm³/mol. The van der Waals surface area contributed by atoms with Crippen molar-refractivity contribution >= 4 is 17.4 Å². The van der Waals surface area contributed by atoms with Gasteiger partial charge in [-0.15, -0.1) is 11.3 Å². The Labute approximate surface area is 128 Å². The molecular formula is C15H20N4OS. The molecule has 0 bridgehead atoms. The monoisotopic (exact) mass is 304 g/mol. The summed E-state index contributed by atoms with van der Waals surface area (Å²) in [6.45, 7) is 5.41. The van der Waals surface area contributed by atoms with Crippen LogP contribution in [0.1, 0.15) is 19.5 Å². The Morgan fingerprint density at radius 1 is 1.29 bits per heavy atom. The number of thiazole rings is 1. The first-order valence-electron chi connectivity index (χ1n) is 7.01. The van der Waals surface area contributed by atoms with E-state index in [1.54, 1.807) is 23.7 Å². The van der Waals surface area contributed by atoms with Crippen molar-refractivity contribution in [2.45, 2.75) is 20.3 Å². The quantitative estimate of drug-likeness (QED) is 0.862. The van der Waals surface area contributed by atoms with E-state index in [1.807, 2.05) is 17.5 Å². The third-order valence-electron chi connectivity index (χ3n) is 2.82. The first-order chi connectivity index (χ1) is 10.1. The molecule has 0 radical (unpaired) electrons. The molecule has 0 aliphatic carbocycles. The molecule has 0 spiro atoms. The summed E-state index contributed by atoms with van der Waals surface area (Å²) in [7, 11) is 0. The van der Waals surface area contributed by atoms with Crippen molar-refractivity contribution in [2.75, 3.05) is 13.1 Å². The van der Waals surface area contributed by atoms with Gasteiger partial charge in [0, 0.05) is 42.8 Å². The van der Waals surface area contributed by atoms with E-state index in [0.717, 1.165) is 22.7 Å². The summed E-state index contributed by atoms with van der Waals surface area (Å²) in [5.74, 6) is 0.456. The second-order valence-corrected chi connectivity index (χ2v) is 6.02. The Morgan fingerprint density at radius 2 is 2.05 bits per heavy atom. The summed E-state index contributed by atoms with van der Waals surface area (Å²) in [4.78, 5) is 20.1. The van der Waals surface area contributed by atoms with E-state index in [4.69, 9.17) is 0 Å². The van der Waals surface area contributed by atoms with Crippen LogP contribution in [0.15, 0.2) is 29.9 Å². The minimum atomic E-state index is -0.117. The highest BCUT2D eigenvalue weighted by Crippen LogP contribution is 2.22. The second-order valence-electron chi connectivity index (χ2n) is 5.16. The maximum atomic E-state index is 11.5. The van der Waals surface area contributed by atoms with Gasteiger partial charge in [-0.25, -0.2) is 9.78 Å². The number of hydrogen-bond donors (Lipinski definition) is 2. The van der Waals surface area contributed by atoms with Crippen LogP contribution in [0, 0.1) is 5.92 Å². The Hall–Kier alpha value is -1.95. The Balaban J connectivity index is 1.77. The Morgan fingerprint density at radius 3 is 2.76 bits per heavy atom. The Bertz CT molecular complexity index is 568. The van der Waals surface area contributed by atoms with Crippen LogP contribution in [-0.4, -0.2) is 29.1 Å². The number of pyridine rings is 1. The summed E-state index contributed by atoms with van der Waals surface area (Å²) in [6.07, 6.45) is 4.25. The summed E-state index contributed by atoms with van der Waals surface area (Å²) in [5.41, 5.74) is 2.07. The van der Waals surface area contributed by atoms with E-state index in [0.29, 0.717) is 19.0 Å². The van der Waals surface area contributed by atoms with Crippen molar-refractivity contribution in [3.8, 4) is 10.6 Å². The third kappa shape index (κ3) is 5.15. The van der Waals surface area contributed by atoms with Gasteiger partial charge in [-0.2, -0.15) is 0 Å². The number of urea groups is 1. The van der Waals surface area contributed by atoms with Gasteiger partial charge in [-0.1, -0.05) is 13.8 Å². The second kappa shape index (κ2) is 7.73. The van der Waals surface area contributed by atoms with E-state index in [2.05, 4.69) is 34.4 Å². The number of amides is 2. The van der Waals surface area contributed by atoms with Gasteiger partial charge in [0.1, 0.15) is 5.01 Å². The van der Waals surface area contributed by atoms with Crippen LogP contribution in [-0.2, 0) is 6.42 Å². The molecule has 2 rings (SSSR count). The van der Waals surface area contributed by atoms with Gasteiger partial charge < -0.3 is 10.6 Å². The molecule has 0 aliphatic rings. The van der Waals surface area contributed by atoms with Gasteiger partial charge in [0.2, 0.25) is 0 Å². The van der Waals surface area contributed by atoms with Gasteiger partial charge in [-0.3, -0.25) is 4.98 Å². The smallest absolute Gasteiger partial charge is 0.314 e. The zero-order valence-corrected chi connectivity index (χ0v) is 13.1. The lowest BCUT2D eigenvalue weighted by atomic mass is 10.2. The van der Waals surface area contributed by atoms with Crippen molar-refractivity contribution in [2.24, 2.45) is 5.92 Å². The third-order valence-corrected chi connectivity index (χ3v) is 3.76. The fraction of sp³-hybridized carbons (Fsp3) is 0.400. The van der Waals surface area contributed by atoms with E-state index in [1.165, 1.54) is 0 Å². The van der Waals surface area contributed by atoms with Crippen LogP contribution in [0.4, 0.5) is 4.79 Å². The molecule has 5 nitrogen and oxygen atoms in total. The summed E-state index contributed by atoms with van der Waals surface area (Å²) in [6, 6.07) is 3.77. The van der Waals surface area contributed by atoms with Crippen molar-refractivity contribution in [3.63, 3.8) is 0 Å². The zero-order valence-electron chi connectivity index (χ0n) is 12.3. The molecule has 2 aromatic heterocycles. The fourth-order valence-corrected chi connectivity index (χ4v) is 2.57. The first-order valence-corrected chi connectivity index (χ1v) is 7.89. The van der Waals surface area contributed by atoms with Gasteiger partial charge in [0.15, 0.2) is 0 Å². The van der Waals surface area contributed by atoms with Crippen molar-refractivity contribution in [1.29, 1.82) is 0 Å². The molecule has 2 amide bonds. The molecule has 0 aromatic carbocycles. The lowest BCUT2D eigenvalue weighted by Crippen LogP contribution is -2.38. The molecule has 2 heterocycles. The van der Waals surface area contributed by atoms with Gasteiger partial charge >= 0.3 is 6.03 Å². The van der Waals surface area contributed by atoms with Crippen LogP contribution in [0.3, 0.4) is 0 Å². The molecule has 0 unspecified atom stereocenters. The normalized spacial score (nSPS) is 10.6. The maximum absolute atomic E-state index is 11.5. The van der Waals surface area contributed by atoms with E-state index < -0.39 is 0 Å². The highest BCUT2D eigenvalue weighted by molar-refractivity contribution is 7.13. The molecular weight excluding hydrogens is 284 g/mol. The summed E-state index contributed by atoms with van der Waals surface area (Å²) >= 11 is 1.61. The number of nitrogens with one attached hydrogen (secondary N) is 2. The molecule has 6 heteroatoms. The molecule has 0 saturated carbocycles. The van der Waals surface area contributed by atoms with Crippen molar-refractivity contribution in [3.05, 3.63) is 35.6 Å². The molecule has 2 aromatic rings. The first kappa shape index (κ1) is 15.4. The van der Waals surface area contributed by atoms with Gasteiger partial charge in [0.05, 0.1) is 5.69 Å². The number of carbonyl (C=O) groups is 1. The molecule has 0 aliphatic heterocycles. The van der Waals surface area contributed by atoms with Crippen LogP contribution >= 0.6 is 11.3 Å². The largest absolute Gasteiger partial charge is 0.338 e. The van der Waals surface area contributed by atoms with Crippen molar-refractivity contribution < 1.29 is 4.79 Å².